The van der Waals surface area contributed by atoms with Gasteiger partial charge in [0, 0.05) is 6.42 Å². The molecule has 25 heavy (non-hydrogen) atoms. The van der Waals surface area contributed by atoms with Gasteiger partial charge in [0.05, 0.1) is 6.26 Å². The van der Waals surface area contributed by atoms with E-state index < -0.39 is 17.4 Å². The first kappa shape index (κ1) is 16.8. The molecule has 5 heteroatoms. The molecule has 5 nitrogen and oxygen atoms in total. The van der Waals surface area contributed by atoms with Crippen molar-refractivity contribution in [3.05, 3.63) is 72.2 Å². The third-order valence-corrected chi connectivity index (χ3v) is 4.43. The minimum atomic E-state index is -1.40. The average Bonchev–Trinajstić information content (AvgIpc) is 3.15. The summed E-state index contributed by atoms with van der Waals surface area (Å²) in [5, 5.41) is 14.6. The quantitative estimate of drug-likeness (QED) is 0.720. The van der Waals surface area contributed by atoms with Crippen LogP contribution in [0.2, 0.25) is 0 Å². The first-order valence-corrected chi connectivity index (χ1v) is 8.11. The van der Waals surface area contributed by atoms with Crippen LogP contribution in [0.5, 0.6) is 0 Å². The average molecular weight is 337 g/mol. The number of hydrogen-bond donors (Lipinski definition) is 2. The molecular weight excluding hydrogens is 318 g/mol. The first-order chi connectivity index (χ1) is 12.0. The lowest BCUT2D eigenvalue weighted by Gasteiger charge is -2.29. The van der Waals surface area contributed by atoms with E-state index in [2.05, 4.69) is 5.32 Å². The summed E-state index contributed by atoms with van der Waals surface area (Å²) >= 11 is 0. The summed E-state index contributed by atoms with van der Waals surface area (Å²) in [4.78, 5) is 24.3. The zero-order valence-corrected chi connectivity index (χ0v) is 13.9. The number of carbonyl (C=O) groups is 2. The summed E-state index contributed by atoms with van der Waals surface area (Å²) in [6, 6.07) is 16.8. The number of furan rings is 1. The molecule has 1 aromatic heterocycles. The van der Waals surface area contributed by atoms with Crippen LogP contribution < -0.4 is 5.32 Å². The molecule has 0 aliphatic rings. The predicted molar refractivity (Wildman–Crippen MR) is 94.5 cm³/mol. The number of aliphatic carboxylic acids is 1. The van der Waals surface area contributed by atoms with Crippen molar-refractivity contribution < 1.29 is 19.1 Å². The highest BCUT2D eigenvalue weighted by atomic mass is 16.4. The molecule has 0 spiro atoms. The van der Waals surface area contributed by atoms with E-state index in [0.29, 0.717) is 0 Å². The van der Waals surface area contributed by atoms with Crippen LogP contribution in [0.4, 0.5) is 0 Å². The van der Waals surface area contributed by atoms with Crippen LogP contribution in [0, 0.1) is 0 Å². The van der Waals surface area contributed by atoms with Crippen molar-refractivity contribution in [3.8, 4) is 0 Å². The molecular formula is C20H19NO4. The van der Waals surface area contributed by atoms with Gasteiger partial charge >= 0.3 is 5.97 Å². The Kier molecular flexibility index (Phi) is 4.57. The Hall–Kier alpha value is -3.08. The van der Waals surface area contributed by atoms with Gasteiger partial charge in [0.25, 0.3) is 5.91 Å². The second-order valence-electron chi connectivity index (χ2n) is 6.03. The number of carboxylic acids is 1. The lowest BCUT2D eigenvalue weighted by Crippen LogP contribution is -2.55. The van der Waals surface area contributed by atoms with Gasteiger partial charge in [-0.05, 0) is 34.9 Å². The maximum atomic E-state index is 12.3. The molecule has 0 saturated heterocycles. The molecule has 128 valence electrons. The predicted octanol–water partition coefficient (Wildman–Crippen LogP) is 3.64. The van der Waals surface area contributed by atoms with Crippen LogP contribution in [0.1, 0.15) is 29.5 Å². The molecule has 1 unspecified atom stereocenters. The van der Waals surface area contributed by atoms with Gasteiger partial charge in [-0.25, -0.2) is 4.79 Å². The lowest BCUT2D eigenvalue weighted by atomic mass is 9.87. The van der Waals surface area contributed by atoms with Crippen molar-refractivity contribution in [2.24, 2.45) is 0 Å². The number of carbonyl (C=O) groups excluding carboxylic acids is 1. The van der Waals surface area contributed by atoms with Crippen molar-refractivity contribution in [2.45, 2.75) is 25.3 Å². The molecule has 0 aliphatic heterocycles. The van der Waals surface area contributed by atoms with Gasteiger partial charge in [-0.2, -0.15) is 0 Å². The van der Waals surface area contributed by atoms with E-state index >= 15 is 0 Å². The van der Waals surface area contributed by atoms with Crippen molar-refractivity contribution >= 4 is 22.6 Å². The van der Waals surface area contributed by atoms with Crippen LogP contribution in [0.3, 0.4) is 0 Å². The Morgan fingerprint density at radius 1 is 1.08 bits per heavy atom. The van der Waals surface area contributed by atoms with Gasteiger partial charge in [0.15, 0.2) is 5.76 Å². The summed E-state index contributed by atoms with van der Waals surface area (Å²) in [5.74, 6) is -1.50. The van der Waals surface area contributed by atoms with Crippen molar-refractivity contribution in [3.63, 3.8) is 0 Å². The van der Waals surface area contributed by atoms with Gasteiger partial charge in [-0.1, -0.05) is 49.4 Å². The molecule has 0 radical (unpaired) electrons. The van der Waals surface area contributed by atoms with Gasteiger partial charge in [0.2, 0.25) is 0 Å². The third kappa shape index (κ3) is 3.40. The zero-order chi connectivity index (χ0) is 17.9. The molecule has 1 heterocycles. The van der Waals surface area contributed by atoms with Crippen molar-refractivity contribution in [1.29, 1.82) is 0 Å². The summed E-state index contributed by atoms with van der Waals surface area (Å²) in [5.41, 5.74) is -0.547. The summed E-state index contributed by atoms with van der Waals surface area (Å²) in [6.07, 6.45) is 1.82. The van der Waals surface area contributed by atoms with Crippen LogP contribution >= 0.6 is 0 Å². The number of carboxylic acid groups (broad SMARTS) is 1. The Morgan fingerprint density at radius 3 is 2.48 bits per heavy atom. The SMILES string of the molecule is CCC(Cc1ccc2ccccc2c1)(NC(=O)c1ccco1)C(=O)O. The highest BCUT2D eigenvalue weighted by molar-refractivity contribution is 5.96. The maximum Gasteiger partial charge on any atom is 0.329 e. The largest absolute Gasteiger partial charge is 0.479 e. The van der Waals surface area contributed by atoms with E-state index in [0.717, 1.165) is 16.3 Å². The molecule has 2 aromatic carbocycles. The van der Waals surface area contributed by atoms with Crippen molar-refractivity contribution in [2.75, 3.05) is 0 Å². The minimum Gasteiger partial charge on any atom is -0.479 e. The summed E-state index contributed by atoms with van der Waals surface area (Å²) in [7, 11) is 0. The fourth-order valence-electron chi connectivity index (χ4n) is 2.92. The standard InChI is InChI=1S/C20H19NO4/c1-2-20(19(23)24,21-18(22)17-8-5-11-25-17)13-14-9-10-15-6-3-4-7-16(15)12-14/h3-12H,2,13H2,1H3,(H,21,22)(H,23,24). The molecule has 0 aliphatic carbocycles. The normalized spacial score (nSPS) is 13.3. The molecule has 1 amide bonds. The summed E-state index contributed by atoms with van der Waals surface area (Å²) < 4.78 is 5.07. The Labute approximate surface area is 145 Å². The molecule has 2 N–H and O–H groups in total. The summed E-state index contributed by atoms with van der Waals surface area (Å²) in [6.45, 7) is 1.75. The number of hydrogen-bond acceptors (Lipinski definition) is 3. The van der Waals surface area contributed by atoms with Crippen LogP contribution in [-0.4, -0.2) is 22.5 Å². The van der Waals surface area contributed by atoms with Gasteiger partial charge in [0.1, 0.15) is 5.54 Å². The molecule has 0 saturated carbocycles. The molecule has 3 aromatic rings. The van der Waals surface area contributed by atoms with Crippen LogP contribution in [-0.2, 0) is 11.2 Å². The Balaban J connectivity index is 1.91. The number of nitrogens with one attached hydrogen (secondary N) is 1. The van der Waals surface area contributed by atoms with E-state index in [-0.39, 0.29) is 18.6 Å². The monoisotopic (exact) mass is 337 g/mol. The maximum absolute atomic E-state index is 12.3. The van der Waals surface area contributed by atoms with Gasteiger partial charge in [-0.15, -0.1) is 0 Å². The van der Waals surface area contributed by atoms with Gasteiger partial charge < -0.3 is 14.8 Å². The number of amides is 1. The van der Waals surface area contributed by atoms with E-state index in [1.807, 2.05) is 42.5 Å². The molecule has 0 fully saturated rings. The fraction of sp³-hybridized carbons (Fsp3) is 0.200. The highest BCUT2D eigenvalue weighted by Crippen LogP contribution is 2.23. The van der Waals surface area contributed by atoms with Crippen LogP contribution in [0.25, 0.3) is 10.8 Å². The van der Waals surface area contributed by atoms with Gasteiger partial charge in [-0.3, -0.25) is 4.79 Å². The van der Waals surface area contributed by atoms with E-state index in [1.165, 1.54) is 12.3 Å². The second-order valence-corrected chi connectivity index (χ2v) is 6.03. The smallest absolute Gasteiger partial charge is 0.329 e. The third-order valence-electron chi connectivity index (χ3n) is 4.43. The first-order valence-electron chi connectivity index (χ1n) is 8.11. The lowest BCUT2D eigenvalue weighted by molar-refractivity contribution is -0.144. The number of rotatable bonds is 6. The molecule has 3 rings (SSSR count). The Morgan fingerprint density at radius 2 is 1.84 bits per heavy atom. The topological polar surface area (TPSA) is 79.5 Å². The second kappa shape index (κ2) is 6.81. The Bertz CT molecular complexity index is 901. The van der Waals surface area contributed by atoms with E-state index in [9.17, 15) is 14.7 Å². The van der Waals surface area contributed by atoms with E-state index in [4.69, 9.17) is 4.42 Å². The van der Waals surface area contributed by atoms with Crippen LogP contribution in [0.15, 0.2) is 65.3 Å². The van der Waals surface area contributed by atoms with Crippen molar-refractivity contribution in [1.82, 2.24) is 5.32 Å². The molecule has 0 bridgehead atoms. The molecule has 1 atom stereocenters. The number of fused-ring (bicyclic) bond motifs is 1. The highest BCUT2D eigenvalue weighted by Gasteiger charge is 2.39. The number of benzene rings is 2. The minimum absolute atomic E-state index is 0.0950. The zero-order valence-electron chi connectivity index (χ0n) is 13.9. The fourth-order valence-corrected chi connectivity index (χ4v) is 2.92. The van der Waals surface area contributed by atoms with E-state index in [1.54, 1.807) is 13.0 Å².